The topological polar surface area (TPSA) is 95.9 Å². The van der Waals surface area contributed by atoms with Crippen LogP contribution >= 0.6 is 0 Å². The summed E-state index contributed by atoms with van der Waals surface area (Å²) in [5.74, 6) is -0.306. The van der Waals surface area contributed by atoms with Gasteiger partial charge in [0.25, 0.3) is 11.5 Å². The molecule has 1 aromatic heterocycles. The molecule has 24 heavy (non-hydrogen) atoms. The van der Waals surface area contributed by atoms with E-state index in [0.29, 0.717) is 22.3 Å². The van der Waals surface area contributed by atoms with E-state index in [4.69, 9.17) is 9.47 Å². The van der Waals surface area contributed by atoms with Gasteiger partial charge in [-0.25, -0.2) is 0 Å². The standard InChI is InChI=1S/C16H18N2O6/c1-18-8-11(15(20)17-7-14(19)24-4)9-5-12(22-2)13(23-3)6-10(9)16(18)21/h5-6,8H,7H2,1-4H3,(H,17,20). The number of pyridine rings is 1. The number of methoxy groups -OCH3 is 3. The van der Waals surface area contributed by atoms with Crippen molar-refractivity contribution in [3.8, 4) is 11.5 Å². The fraction of sp³-hybridized carbons (Fsp3) is 0.312. The molecule has 8 heteroatoms. The smallest absolute Gasteiger partial charge is 0.325 e. The summed E-state index contributed by atoms with van der Waals surface area (Å²) in [5, 5.41) is 3.16. The molecule has 128 valence electrons. The highest BCUT2D eigenvalue weighted by molar-refractivity contribution is 6.07. The van der Waals surface area contributed by atoms with Crippen LogP contribution in [0.3, 0.4) is 0 Å². The Morgan fingerprint density at radius 3 is 2.21 bits per heavy atom. The number of nitrogens with one attached hydrogen (secondary N) is 1. The summed E-state index contributed by atoms with van der Waals surface area (Å²) in [6, 6.07) is 3.08. The summed E-state index contributed by atoms with van der Waals surface area (Å²) in [6.45, 7) is -0.271. The first-order valence-corrected chi connectivity index (χ1v) is 7.03. The molecule has 0 saturated carbocycles. The SMILES string of the molecule is COC(=O)CNC(=O)c1cn(C)c(=O)c2cc(OC)c(OC)cc12. The van der Waals surface area contributed by atoms with Crippen LogP contribution < -0.4 is 20.3 Å². The van der Waals surface area contributed by atoms with E-state index in [9.17, 15) is 14.4 Å². The van der Waals surface area contributed by atoms with Crippen LogP contribution in [-0.4, -0.2) is 44.3 Å². The van der Waals surface area contributed by atoms with Gasteiger partial charge in [-0.2, -0.15) is 0 Å². The van der Waals surface area contributed by atoms with Gasteiger partial charge in [0.05, 0.1) is 32.3 Å². The van der Waals surface area contributed by atoms with Crippen molar-refractivity contribution in [1.29, 1.82) is 0 Å². The molecule has 1 aromatic carbocycles. The van der Waals surface area contributed by atoms with E-state index < -0.39 is 11.9 Å². The third-order valence-corrected chi connectivity index (χ3v) is 3.55. The molecule has 0 atom stereocenters. The third kappa shape index (κ3) is 3.17. The fourth-order valence-corrected chi connectivity index (χ4v) is 2.29. The maximum atomic E-state index is 12.4. The van der Waals surface area contributed by atoms with Crippen LogP contribution in [0.4, 0.5) is 0 Å². The molecule has 8 nitrogen and oxygen atoms in total. The highest BCUT2D eigenvalue weighted by Gasteiger charge is 2.18. The van der Waals surface area contributed by atoms with E-state index in [1.165, 1.54) is 45.2 Å². The molecule has 0 spiro atoms. The van der Waals surface area contributed by atoms with E-state index in [0.717, 1.165) is 0 Å². The Morgan fingerprint density at radius 1 is 1.08 bits per heavy atom. The summed E-state index contributed by atoms with van der Waals surface area (Å²) in [7, 11) is 5.69. The van der Waals surface area contributed by atoms with Gasteiger partial charge in [0, 0.05) is 18.6 Å². The maximum absolute atomic E-state index is 12.4. The molecule has 2 aromatic rings. The number of ether oxygens (including phenoxy) is 3. The number of aromatic nitrogens is 1. The number of carbonyl (C=O) groups is 2. The van der Waals surface area contributed by atoms with Gasteiger partial charge < -0.3 is 24.1 Å². The maximum Gasteiger partial charge on any atom is 0.325 e. The lowest BCUT2D eigenvalue weighted by Gasteiger charge is -2.13. The second kappa shape index (κ2) is 7.03. The van der Waals surface area contributed by atoms with Crippen LogP contribution in [0, 0.1) is 0 Å². The van der Waals surface area contributed by atoms with Crippen LogP contribution in [0.5, 0.6) is 11.5 Å². The van der Waals surface area contributed by atoms with Crippen molar-refractivity contribution in [2.45, 2.75) is 0 Å². The summed E-state index contributed by atoms with van der Waals surface area (Å²) >= 11 is 0. The van der Waals surface area contributed by atoms with Gasteiger partial charge in [0.1, 0.15) is 6.54 Å². The van der Waals surface area contributed by atoms with E-state index in [1.54, 1.807) is 6.07 Å². The molecule has 0 aliphatic rings. The summed E-state index contributed by atoms with van der Waals surface area (Å²) < 4.78 is 16.2. The van der Waals surface area contributed by atoms with E-state index in [2.05, 4.69) is 10.1 Å². The number of fused-ring (bicyclic) bond motifs is 1. The van der Waals surface area contributed by atoms with Gasteiger partial charge in [-0.05, 0) is 12.1 Å². The average Bonchev–Trinajstić information content (AvgIpc) is 2.60. The molecule has 0 fully saturated rings. The zero-order valence-corrected chi connectivity index (χ0v) is 13.8. The number of amides is 1. The van der Waals surface area contributed by atoms with Crippen LogP contribution in [0.25, 0.3) is 10.8 Å². The quantitative estimate of drug-likeness (QED) is 0.798. The molecule has 0 radical (unpaired) electrons. The first-order chi connectivity index (χ1) is 11.4. The van der Waals surface area contributed by atoms with Crippen molar-refractivity contribution < 1.29 is 23.8 Å². The molecule has 0 aliphatic carbocycles. The molecule has 0 unspecified atom stereocenters. The third-order valence-electron chi connectivity index (χ3n) is 3.55. The molecule has 0 saturated heterocycles. The number of hydrogen-bond donors (Lipinski definition) is 1. The van der Waals surface area contributed by atoms with Crippen LogP contribution in [-0.2, 0) is 16.6 Å². The second-order valence-electron chi connectivity index (χ2n) is 4.97. The molecule has 0 bridgehead atoms. The van der Waals surface area contributed by atoms with Gasteiger partial charge in [-0.15, -0.1) is 0 Å². The lowest BCUT2D eigenvalue weighted by atomic mass is 10.1. The van der Waals surface area contributed by atoms with Crippen LogP contribution in [0.15, 0.2) is 23.1 Å². The van der Waals surface area contributed by atoms with Crippen molar-refractivity contribution in [3.05, 3.63) is 34.2 Å². The minimum atomic E-state index is -0.572. The van der Waals surface area contributed by atoms with Crippen LogP contribution in [0.2, 0.25) is 0 Å². The first-order valence-electron chi connectivity index (χ1n) is 7.03. The van der Waals surface area contributed by atoms with Gasteiger partial charge in [-0.1, -0.05) is 0 Å². The lowest BCUT2D eigenvalue weighted by Crippen LogP contribution is -2.31. The fourth-order valence-electron chi connectivity index (χ4n) is 2.29. The number of carbonyl (C=O) groups excluding carboxylic acids is 2. The van der Waals surface area contributed by atoms with Crippen molar-refractivity contribution in [2.24, 2.45) is 7.05 Å². The molecular weight excluding hydrogens is 316 g/mol. The average molecular weight is 334 g/mol. The first kappa shape index (κ1) is 17.3. The predicted molar refractivity (Wildman–Crippen MR) is 86.6 cm³/mol. The lowest BCUT2D eigenvalue weighted by molar-refractivity contribution is -0.139. The number of esters is 1. The van der Waals surface area contributed by atoms with Crippen molar-refractivity contribution in [2.75, 3.05) is 27.9 Å². The Labute approximate surface area is 137 Å². The monoisotopic (exact) mass is 334 g/mol. The van der Waals surface area contributed by atoms with Gasteiger partial charge in [0.2, 0.25) is 0 Å². The van der Waals surface area contributed by atoms with Crippen molar-refractivity contribution >= 4 is 22.6 Å². The Hall–Kier alpha value is -3.03. The Morgan fingerprint density at radius 2 is 1.67 bits per heavy atom. The van der Waals surface area contributed by atoms with E-state index in [1.807, 2.05) is 0 Å². The number of nitrogens with zero attached hydrogens (tertiary/aromatic N) is 1. The molecule has 0 aliphatic heterocycles. The normalized spacial score (nSPS) is 10.3. The Balaban J connectivity index is 2.61. The Bertz CT molecular complexity index is 856. The second-order valence-corrected chi connectivity index (χ2v) is 4.97. The number of aryl methyl sites for hydroxylation is 1. The zero-order chi connectivity index (χ0) is 17.9. The summed E-state index contributed by atoms with van der Waals surface area (Å²) in [5.41, 5.74) is -0.0487. The highest BCUT2D eigenvalue weighted by atomic mass is 16.5. The molecular formula is C16H18N2O6. The van der Waals surface area contributed by atoms with Crippen molar-refractivity contribution in [1.82, 2.24) is 9.88 Å². The van der Waals surface area contributed by atoms with E-state index >= 15 is 0 Å². The zero-order valence-electron chi connectivity index (χ0n) is 13.8. The largest absolute Gasteiger partial charge is 0.493 e. The van der Waals surface area contributed by atoms with Gasteiger partial charge >= 0.3 is 5.97 Å². The molecule has 1 N–H and O–H groups in total. The molecule has 1 amide bonds. The summed E-state index contributed by atoms with van der Waals surface area (Å²) in [6.07, 6.45) is 1.41. The number of benzene rings is 1. The molecule has 2 rings (SSSR count). The summed E-state index contributed by atoms with van der Waals surface area (Å²) in [4.78, 5) is 35.9. The number of hydrogen-bond acceptors (Lipinski definition) is 6. The molecule has 1 heterocycles. The Kier molecular flexibility index (Phi) is 5.08. The van der Waals surface area contributed by atoms with Gasteiger partial charge in [-0.3, -0.25) is 14.4 Å². The van der Waals surface area contributed by atoms with Crippen LogP contribution in [0.1, 0.15) is 10.4 Å². The van der Waals surface area contributed by atoms with Gasteiger partial charge in [0.15, 0.2) is 11.5 Å². The minimum absolute atomic E-state index is 0.233. The van der Waals surface area contributed by atoms with E-state index in [-0.39, 0.29) is 17.7 Å². The highest BCUT2D eigenvalue weighted by Crippen LogP contribution is 2.32. The minimum Gasteiger partial charge on any atom is -0.493 e. The van der Waals surface area contributed by atoms with Crippen molar-refractivity contribution in [3.63, 3.8) is 0 Å². The predicted octanol–water partition coefficient (Wildman–Crippen LogP) is 0.458. The number of rotatable bonds is 5.